The summed E-state index contributed by atoms with van der Waals surface area (Å²) in [6.07, 6.45) is 0.672. The minimum absolute atomic E-state index is 0.0163. The minimum atomic E-state index is -1.70. The number of nitrogens with one attached hydrogen (secondary N) is 7. The lowest BCUT2D eigenvalue weighted by Crippen LogP contribution is -2.61. The Labute approximate surface area is 436 Å². The van der Waals surface area contributed by atoms with Crippen LogP contribution < -0.4 is 65.9 Å². The monoisotopic (exact) mass is 1070 g/mol. The summed E-state index contributed by atoms with van der Waals surface area (Å²) in [5.74, 6) is -8.24. The maximum absolute atomic E-state index is 14.6. The number of carbonyl (C=O) groups excluding carboxylic acids is 10. The maximum atomic E-state index is 14.6. The zero-order valence-electron chi connectivity index (χ0n) is 40.9. The molecule has 404 valence electrons. The Balaban J connectivity index is 1.70. The quantitative estimate of drug-likeness (QED) is 0.0265. The number of carbonyl (C=O) groups is 10. The summed E-state index contributed by atoms with van der Waals surface area (Å²) < 4.78 is 0. The molecular formula is C47H68N14O11S2. The predicted octanol–water partition coefficient (Wildman–Crippen LogP) is -3.48. The van der Waals surface area contributed by atoms with E-state index >= 15 is 0 Å². The van der Waals surface area contributed by atoms with Crippen LogP contribution in [0.5, 0.6) is 5.75 Å². The number of benzene rings is 2. The smallest absolute Gasteiger partial charge is 0.246 e. The molecule has 74 heavy (non-hydrogen) atoms. The number of guanidine groups is 1. The van der Waals surface area contributed by atoms with Crippen LogP contribution in [0.3, 0.4) is 0 Å². The Kier molecular flexibility index (Phi) is 24.7. The normalized spacial score (nSPS) is 21.8. The van der Waals surface area contributed by atoms with Gasteiger partial charge in [0.2, 0.25) is 59.1 Å². The van der Waals surface area contributed by atoms with Gasteiger partial charge in [0.1, 0.15) is 48.0 Å². The number of rotatable bonds is 20. The summed E-state index contributed by atoms with van der Waals surface area (Å²) in [7, 11) is 2.25. The largest absolute Gasteiger partial charge is 0.508 e. The summed E-state index contributed by atoms with van der Waals surface area (Å²) in [5, 5.41) is 28.3. The summed E-state index contributed by atoms with van der Waals surface area (Å²) >= 11 is 0. The molecule has 25 nitrogen and oxygen atoms in total. The fourth-order valence-corrected chi connectivity index (χ4v) is 10.1. The van der Waals surface area contributed by atoms with Crippen molar-refractivity contribution in [1.29, 1.82) is 0 Å². The number of hydrogen-bond donors (Lipinski definition) is 13. The molecule has 2 aliphatic rings. The van der Waals surface area contributed by atoms with Gasteiger partial charge in [0.25, 0.3) is 0 Å². The van der Waals surface area contributed by atoms with Crippen LogP contribution in [0.4, 0.5) is 0 Å². The van der Waals surface area contributed by atoms with Crippen LogP contribution in [0.1, 0.15) is 68.9 Å². The first-order chi connectivity index (χ1) is 35.3. The van der Waals surface area contributed by atoms with Gasteiger partial charge in [-0.2, -0.15) is 0 Å². The second-order valence-corrected chi connectivity index (χ2v) is 20.2. The second kappa shape index (κ2) is 30.8. The van der Waals surface area contributed by atoms with Crippen LogP contribution in [-0.2, 0) is 60.8 Å². The standard InChI is InChI=1S/C47H68N14O11S2/c48-18-5-4-10-30(40(66)54-25-38(50)64)57-45(71)36-12-7-20-61(36)46(72)35-26-74-73-21-17-39(65)55-32(23-28-13-15-29(62)16-14-28)42(68)58-33(22-27-8-2-1-3-9-27)43(69)56-31(11-6-19-53-47(51)52)41(67)59-34(24-37(49)63)44(70)60-35/h1-3,8-9,13-16,30-36,62H,4-7,10-12,17-26,48H2,(H2,49,63)(H2,50,64)(H,54,66)(H,55,65)(H,56,69)(H,57,71)(H,58,68)(H,59,67)(H,60,70)(H4,51,52,53)/t30-,31-,32-,33-,34-,35-,36-/m0/s1. The van der Waals surface area contributed by atoms with E-state index in [1.54, 1.807) is 42.5 Å². The van der Waals surface area contributed by atoms with Crippen LogP contribution in [0.2, 0.25) is 0 Å². The summed E-state index contributed by atoms with van der Waals surface area (Å²) in [6.45, 7) is -0.0658. The first kappa shape index (κ1) is 59.4. The highest BCUT2D eigenvalue weighted by atomic mass is 33.1. The SMILES string of the molecule is NCCCC[C@H](NC(=O)[C@@H]1CCCN1C(=O)[C@@H]1CSSCCC(=O)N[C@@H](Cc2ccc(O)cc2)C(=O)N[C@@H](Cc2ccccc2)C(=O)N[C@@H](CCCN=C(N)N)C(=O)N[C@@H](CC(N)=O)C(=O)N1)C(=O)NCC(N)=O. The molecule has 2 aliphatic heterocycles. The number of amides is 10. The average Bonchev–Trinajstić information content (AvgIpc) is 3.86. The molecule has 0 unspecified atom stereocenters. The lowest BCUT2D eigenvalue weighted by atomic mass is 10.0. The van der Waals surface area contributed by atoms with E-state index in [1.165, 1.54) is 17.0 Å². The average molecular weight is 1070 g/mol. The molecule has 4 rings (SSSR count). The number of likely N-dealkylation sites (tertiary alicyclic amines) is 1. The highest BCUT2D eigenvalue weighted by molar-refractivity contribution is 8.76. The number of aromatic hydroxyl groups is 1. The van der Waals surface area contributed by atoms with Gasteiger partial charge in [0, 0.05) is 43.9 Å². The van der Waals surface area contributed by atoms with Gasteiger partial charge >= 0.3 is 0 Å². The molecule has 2 fully saturated rings. The predicted molar refractivity (Wildman–Crippen MR) is 277 cm³/mol. The fraction of sp³-hybridized carbons (Fsp3) is 0.511. The fourth-order valence-electron chi connectivity index (χ4n) is 7.99. The lowest BCUT2D eigenvalue weighted by molar-refractivity contribution is -0.142. The molecule has 0 aliphatic carbocycles. The van der Waals surface area contributed by atoms with Gasteiger partial charge in [-0.25, -0.2) is 0 Å². The van der Waals surface area contributed by atoms with E-state index in [9.17, 15) is 53.1 Å². The van der Waals surface area contributed by atoms with E-state index < -0.39 is 114 Å². The number of unbranched alkanes of at least 4 members (excludes halogenated alkanes) is 1. The van der Waals surface area contributed by atoms with Gasteiger partial charge in [-0.05, 0) is 74.8 Å². The highest BCUT2D eigenvalue weighted by Crippen LogP contribution is 2.26. The van der Waals surface area contributed by atoms with E-state index in [4.69, 9.17) is 28.7 Å². The minimum Gasteiger partial charge on any atom is -0.508 e. The third-order valence-electron chi connectivity index (χ3n) is 11.8. The third-order valence-corrected chi connectivity index (χ3v) is 14.2. The molecule has 27 heteroatoms. The maximum Gasteiger partial charge on any atom is 0.246 e. The number of nitrogens with zero attached hydrogens (tertiary/aromatic N) is 2. The van der Waals surface area contributed by atoms with E-state index in [-0.39, 0.29) is 81.3 Å². The van der Waals surface area contributed by atoms with Crippen molar-refractivity contribution in [2.45, 2.75) is 113 Å². The molecule has 10 amide bonds. The molecule has 0 radical (unpaired) electrons. The first-order valence-electron chi connectivity index (χ1n) is 24.1. The Morgan fingerprint density at radius 3 is 2.01 bits per heavy atom. The topological polar surface area (TPSA) is 421 Å². The number of nitrogens with two attached hydrogens (primary N) is 5. The van der Waals surface area contributed by atoms with E-state index in [1.807, 2.05) is 0 Å². The molecule has 0 spiro atoms. The van der Waals surface area contributed by atoms with Crippen molar-refractivity contribution in [3.05, 3.63) is 65.7 Å². The van der Waals surface area contributed by atoms with Crippen molar-refractivity contribution in [3.8, 4) is 5.75 Å². The van der Waals surface area contributed by atoms with Crippen molar-refractivity contribution in [2.24, 2.45) is 33.7 Å². The molecule has 7 atom stereocenters. The van der Waals surface area contributed by atoms with E-state index in [2.05, 4.69) is 42.2 Å². The molecular weight excluding hydrogens is 1000 g/mol. The van der Waals surface area contributed by atoms with E-state index in [0.717, 1.165) is 21.6 Å². The lowest BCUT2D eigenvalue weighted by Gasteiger charge is -2.31. The molecule has 0 saturated carbocycles. The summed E-state index contributed by atoms with van der Waals surface area (Å²) in [6, 6.07) is 5.31. The Morgan fingerprint density at radius 2 is 1.36 bits per heavy atom. The third kappa shape index (κ3) is 20.4. The Bertz CT molecular complexity index is 2310. The molecule has 2 heterocycles. The van der Waals surface area contributed by atoms with Gasteiger partial charge < -0.3 is 75.9 Å². The van der Waals surface area contributed by atoms with Crippen molar-refractivity contribution < 1.29 is 53.1 Å². The highest BCUT2D eigenvalue weighted by Gasteiger charge is 2.40. The Morgan fingerprint density at radius 1 is 0.743 bits per heavy atom. The number of hydrogen-bond acceptors (Lipinski definition) is 15. The van der Waals surface area contributed by atoms with Crippen LogP contribution in [-0.4, -0.2) is 155 Å². The molecule has 2 saturated heterocycles. The molecule has 2 aromatic carbocycles. The van der Waals surface area contributed by atoms with Crippen molar-refractivity contribution in [3.63, 3.8) is 0 Å². The number of phenols is 1. The van der Waals surface area contributed by atoms with Gasteiger partial charge in [0.05, 0.1) is 13.0 Å². The van der Waals surface area contributed by atoms with Crippen LogP contribution in [0, 0.1) is 0 Å². The summed E-state index contributed by atoms with van der Waals surface area (Å²) in [4.78, 5) is 141. The number of primary amides is 2. The molecule has 18 N–H and O–H groups in total. The first-order valence-corrected chi connectivity index (χ1v) is 26.6. The van der Waals surface area contributed by atoms with Crippen LogP contribution in [0.25, 0.3) is 0 Å². The van der Waals surface area contributed by atoms with Crippen molar-refractivity contribution >= 4 is 86.6 Å². The zero-order valence-corrected chi connectivity index (χ0v) is 42.5. The van der Waals surface area contributed by atoms with Crippen molar-refractivity contribution in [1.82, 2.24) is 42.1 Å². The summed E-state index contributed by atoms with van der Waals surface area (Å²) in [5.41, 5.74) is 28.7. The zero-order chi connectivity index (χ0) is 54.2. The van der Waals surface area contributed by atoms with Crippen molar-refractivity contribution in [2.75, 3.05) is 37.7 Å². The second-order valence-electron chi connectivity index (χ2n) is 17.6. The molecule has 0 bridgehead atoms. The van der Waals surface area contributed by atoms with Crippen LogP contribution in [0.15, 0.2) is 59.6 Å². The molecule has 0 aromatic heterocycles. The number of aliphatic imine (C=N–C) groups is 1. The van der Waals surface area contributed by atoms with Gasteiger partial charge in [0.15, 0.2) is 5.96 Å². The van der Waals surface area contributed by atoms with Gasteiger partial charge in [-0.15, -0.1) is 0 Å². The number of phenolic OH excluding ortho intramolecular Hbond substituents is 1. The van der Waals surface area contributed by atoms with Gasteiger partial charge in [-0.1, -0.05) is 64.1 Å². The molecule has 2 aromatic rings. The Hall–Kier alpha value is -7.13. The van der Waals surface area contributed by atoms with E-state index in [0.29, 0.717) is 36.9 Å². The van der Waals surface area contributed by atoms with Crippen LogP contribution >= 0.6 is 21.6 Å². The van der Waals surface area contributed by atoms with Gasteiger partial charge in [-0.3, -0.25) is 52.9 Å².